The summed E-state index contributed by atoms with van der Waals surface area (Å²) in [6.45, 7) is 1.95. The number of thiophene rings is 1. The van der Waals surface area contributed by atoms with Crippen molar-refractivity contribution in [1.29, 1.82) is 0 Å². The Morgan fingerprint density at radius 1 is 1.83 bits per heavy atom. The van der Waals surface area contributed by atoms with Crippen LogP contribution in [0, 0.1) is 0 Å². The maximum absolute atomic E-state index is 10.3. The average Bonchev–Trinajstić information content (AvgIpc) is 2.37. The van der Waals surface area contributed by atoms with Crippen molar-refractivity contribution in [3.8, 4) is 0 Å². The second kappa shape index (κ2) is 4.52. The highest BCUT2D eigenvalue weighted by molar-refractivity contribution is 7.81. The van der Waals surface area contributed by atoms with Crippen molar-refractivity contribution in [2.45, 2.75) is 22.8 Å². The van der Waals surface area contributed by atoms with E-state index in [-0.39, 0.29) is 11.7 Å². The summed E-state index contributed by atoms with van der Waals surface area (Å²) < 4.78 is 1.24. The van der Waals surface area contributed by atoms with Crippen molar-refractivity contribution in [3.63, 3.8) is 0 Å². The van der Waals surface area contributed by atoms with Crippen molar-refractivity contribution >= 4 is 29.1 Å². The normalized spacial score (nSPS) is 12.8. The zero-order valence-corrected chi connectivity index (χ0v) is 8.44. The van der Waals surface area contributed by atoms with E-state index in [1.165, 1.54) is 4.21 Å². The SMILES string of the molecule is CC(CC(=O)O)[SH+]c1cccs1. The molecule has 4 heteroatoms. The molecule has 0 aliphatic heterocycles. The molecular formula is C8H11O2S2+. The van der Waals surface area contributed by atoms with Crippen LogP contribution >= 0.6 is 11.3 Å². The summed E-state index contributed by atoms with van der Waals surface area (Å²) >= 11 is 2.80. The molecule has 0 saturated carbocycles. The maximum Gasteiger partial charge on any atom is 0.308 e. The van der Waals surface area contributed by atoms with Gasteiger partial charge in [-0.15, -0.1) is 0 Å². The Morgan fingerprint density at radius 2 is 2.58 bits per heavy atom. The quantitative estimate of drug-likeness (QED) is 0.598. The average molecular weight is 203 g/mol. The van der Waals surface area contributed by atoms with Gasteiger partial charge in [-0.25, -0.2) is 0 Å². The van der Waals surface area contributed by atoms with Crippen LogP contribution in [0.1, 0.15) is 13.3 Å². The number of rotatable bonds is 4. The molecule has 0 radical (unpaired) electrons. The smallest absolute Gasteiger partial charge is 0.308 e. The van der Waals surface area contributed by atoms with Gasteiger partial charge in [-0.2, -0.15) is 0 Å². The summed E-state index contributed by atoms with van der Waals surface area (Å²) in [5.74, 6) is -0.716. The molecule has 1 N–H and O–H groups in total. The van der Waals surface area contributed by atoms with E-state index in [0.29, 0.717) is 0 Å². The molecule has 66 valence electrons. The maximum atomic E-state index is 10.3. The number of carboxylic acid groups (broad SMARTS) is 1. The van der Waals surface area contributed by atoms with Crippen LogP contribution in [0.15, 0.2) is 21.7 Å². The second-order valence-electron chi connectivity index (χ2n) is 2.53. The highest BCUT2D eigenvalue weighted by Gasteiger charge is 2.16. The summed E-state index contributed by atoms with van der Waals surface area (Å²) in [4.78, 5) is 10.3. The second-order valence-corrected chi connectivity index (χ2v) is 5.40. The van der Waals surface area contributed by atoms with Crippen LogP contribution in [0.25, 0.3) is 0 Å². The van der Waals surface area contributed by atoms with E-state index in [1.807, 2.05) is 24.4 Å². The van der Waals surface area contributed by atoms with Crippen molar-refractivity contribution in [3.05, 3.63) is 17.5 Å². The lowest BCUT2D eigenvalue weighted by Crippen LogP contribution is -2.10. The van der Waals surface area contributed by atoms with Gasteiger partial charge >= 0.3 is 5.97 Å². The molecule has 0 saturated heterocycles. The van der Waals surface area contributed by atoms with Crippen LogP contribution in [0.5, 0.6) is 0 Å². The zero-order valence-electron chi connectivity index (χ0n) is 6.73. The Bertz CT molecular complexity index is 244. The van der Waals surface area contributed by atoms with Gasteiger partial charge in [-0.3, -0.25) is 4.79 Å². The van der Waals surface area contributed by atoms with Gasteiger partial charge in [0.1, 0.15) is 5.25 Å². The fourth-order valence-electron chi connectivity index (χ4n) is 0.859. The minimum atomic E-state index is -0.716. The lowest BCUT2D eigenvalue weighted by molar-refractivity contribution is -0.136. The highest BCUT2D eigenvalue weighted by Crippen LogP contribution is 2.15. The molecule has 1 aromatic rings. The molecule has 1 unspecified atom stereocenters. The van der Waals surface area contributed by atoms with Gasteiger partial charge in [-0.05, 0) is 18.4 Å². The van der Waals surface area contributed by atoms with Crippen molar-refractivity contribution in [2.24, 2.45) is 0 Å². The summed E-state index contributed by atoms with van der Waals surface area (Å²) in [5.41, 5.74) is 0. The Labute approximate surface area is 79.6 Å². The van der Waals surface area contributed by atoms with Crippen molar-refractivity contribution < 1.29 is 9.90 Å². The predicted molar refractivity (Wildman–Crippen MR) is 53.1 cm³/mol. The molecule has 0 bridgehead atoms. The minimum absolute atomic E-state index is 0.209. The van der Waals surface area contributed by atoms with E-state index in [9.17, 15) is 4.79 Å². The summed E-state index contributed by atoms with van der Waals surface area (Å²) in [5, 5.41) is 10.7. The number of aliphatic carboxylic acids is 1. The van der Waals surface area contributed by atoms with Gasteiger partial charge in [0.15, 0.2) is 0 Å². The number of carboxylic acids is 1. The van der Waals surface area contributed by atoms with Crippen LogP contribution in [0.2, 0.25) is 0 Å². The number of carbonyl (C=O) groups is 1. The van der Waals surface area contributed by atoms with Crippen LogP contribution < -0.4 is 0 Å². The summed E-state index contributed by atoms with van der Waals surface area (Å²) in [6, 6.07) is 4.02. The van der Waals surface area contributed by atoms with E-state index in [2.05, 4.69) is 0 Å². The van der Waals surface area contributed by atoms with Crippen molar-refractivity contribution in [1.82, 2.24) is 0 Å². The van der Waals surface area contributed by atoms with E-state index in [4.69, 9.17) is 5.11 Å². The van der Waals surface area contributed by atoms with Crippen LogP contribution in [-0.4, -0.2) is 16.3 Å². The van der Waals surface area contributed by atoms with Crippen LogP contribution in [0.3, 0.4) is 0 Å². The molecule has 0 spiro atoms. The van der Waals surface area contributed by atoms with Gasteiger partial charge < -0.3 is 5.11 Å². The van der Waals surface area contributed by atoms with E-state index in [1.54, 1.807) is 11.3 Å². The Kier molecular flexibility index (Phi) is 3.62. The van der Waals surface area contributed by atoms with Gasteiger partial charge in [0, 0.05) is 17.8 Å². The van der Waals surface area contributed by atoms with Gasteiger partial charge in [-0.1, -0.05) is 11.3 Å². The first-order valence-corrected chi connectivity index (χ1v) is 5.49. The fourth-order valence-corrected chi connectivity index (χ4v) is 3.13. The molecule has 12 heavy (non-hydrogen) atoms. The first-order chi connectivity index (χ1) is 5.68. The largest absolute Gasteiger partial charge is 0.481 e. The molecule has 0 fully saturated rings. The summed E-state index contributed by atoms with van der Waals surface area (Å²) in [6.07, 6.45) is 0.249. The monoisotopic (exact) mass is 203 g/mol. The van der Waals surface area contributed by atoms with Gasteiger partial charge in [0.05, 0.1) is 6.42 Å². The number of thiol groups is 1. The molecule has 0 aliphatic rings. The molecule has 2 nitrogen and oxygen atoms in total. The predicted octanol–water partition coefficient (Wildman–Crippen LogP) is 1.79. The molecule has 0 aliphatic carbocycles. The molecule has 1 aromatic heterocycles. The topological polar surface area (TPSA) is 37.3 Å². The molecule has 1 atom stereocenters. The Morgan fingerprint density at radius 3 is 3.08 bits per heavy atom. The molecule has 1 heterocycles. The van der Waals surface area contributed by atoms with E-state index >= 15 is 0 Å². The van der Waals surface area contributed by atoms with Crippen LogP contribution in [-0.2, 0) is 16.6 Å². The lowest BCUT2D eigenvalue weighted by atomic mass is 10.3. The zero-order chi connectivity index (χ0) is 8.97. The third-order valence-corrected chi connectivity index (χ3v) is 3.65. The molecule has 0 aromatic carbocycles. The number of hydrogen-bond donors (Lipinski definition) is 1. The van der Waals surface area contributed by atoms with E-state index in [0.717, 1.165) is 11.8 Å². The molecule has 1 rings (SSSR count). The molecule has 0 amide bonds. The summed E-state index contributed by atoms with van der Waals surface area (Å²) in [7, 11) is 0. The first-order valence-electron chi connectivity index (χ1n) is 3.64. The third-order valence-electron chi connectivity index (χ3n) is 1.32. The van der Waals surface area contributed by atoms with E-state index < -0.39 is 5.97 Å². The molecular weight excluding hydrogens is 192 g/mol. The van der Waals surface area contributed by atoms with Crippen LogP contribution in [0.4, 0.5) is 0 Å². The van der Waals surface area contributed by atoms with Gasteiger partial charge in [0.2, 0.25) is 4.21 Å². The Balaban J connectivity index is 2.36. The van der Waals surface area contributed by atoms with Gasteiger partial charge in [0.25, 0.3) is 0 Å². The highest BCUT2D eigenvalue weighted by atomic mass is 32.2. The standard InChI is InChI=1S/C8H10O2S2/c1-6(5-7(9)10)12-8-3-2-4-11-8/h2-4,6H,5H2,1H3,(H,9,10)/p+1. The third kappa shape index (κ3) is 3.28. The minimum Gasteiger partial charge on any atom is -0.481 e. The lowest BCUT2D eigenvalue weighted by Gasteiger charge is -1.96. The van der Waals surface area contributed by atoms with Crippen molar-refractivity contribution in [2.75, 3.05) is 0 Å². The Hall–Kier alpha value is -0.480. The number of hydrogen-bond acceptors (Lipinski definition) is 2. The fraction of sp³-hybridized carbons (Fsp3) is 0.375. The first kappa shape index (κ1) is 9.61.